The number of piperidine rings is 1. The SMILES string of the molecule is CC1CCc2c(N3CCC(N)CC3)n[nH]c2C1C. The summed E-state index contributed by atoms with van der Waals surface area (Å²) in [6.07, 6.45) is 4.64. The summed E-state index contributed by atoms with van der Waals surface area (Å²) in [6, 6.07) is 0.384. The molecule has 2 heterocycles. The van der Waals surface area contributed by atoms with Crippen LogP contribution >= 0.6 is 0 Å². The zero-order valence-corrected chi connectivity index (χ0v) is 11.4. The van der Waals surface area contributed by atoms with E-state index >= 15 is 0 Å². The van der Waals surface area contributed by atoms with Gasteiger partial charge in [-0.2, -0.15) is 5.10 Å². The molecule has 0 bridgehead atoms. The number of fused-ring (bicyclic) bond motifs is 1. The van der Waals surface area contributed by atoms with E-state index in [1.54, 1.807) is 0 Å². The number of nitrogens with two attached hydrogens (primary N) is 1. The molecule has 18 heavy (non-hydrogen) atoms. The summed E-state index contributed by atoms with van der Waals surface area (Å²) in [6.45, 7) is 6.77. The fourth-order valence-electron chi connectivity index (χ4n) is 3.27. The highest BCUT2D eigenvalue weighted by molar-refractivity contribution is 5.51. The monoisotopic (exact) mass is 248 g/mol. The maximum Gasteiger partial charge on any atom is 0.153 e. The Morgan fingerprint density at radius 3 is 2.67 bits per heavy atom. The third kappa shape index (κ3) is 1.92. The minimum atomic E-state index is 0.384. The van der Waals surface area contributed by atoms with Crippen LogP contribution in [0.4, 0.5) is 5.82 Å². The van der Waals surface area contributed by atoms with E-state index in [4.69, 9.17) is 5.73 Å². The maximum absolute atomic E-state index is 5.97. The van der Waals surface area contributed by atoms with Crippen LogP contribution in [0.1, 0.15) is 50.3 Å². The molecule has 3 N–H and O–H groups in total. The van der Waals surface area contributed by atoms with Crippen molar-refractivity contribution in [3.05, 3.63) is 11.3 Å². The number of H-pyrrole nitrogens is 1. The number of hydrogen-bond acceptors (Lipinski definition) is 3. The van der Waals surface area contributed by atoms with E-state index < -0.39 is 0 Å². The molecule has 1 aromatic rings. The van der Waals surface area contributed by atoms with E-state index in [0.717, 1.165) is 31.8 Å². The summed E-state index contributed by atoms with van der Waals surface area (Å²) in [5, 5.41) is 7.88. The molecular formula is C14H24N4. The highest BCUT2D eigenvalue weighted by Crippen LogP contribution is 2.38. The second-order valence-electron chi connectivity index (χ2n) is 6.07. The first-order chi connectivity index (χ1) is 8.66. The van der Waals surface area contributed by atoms with Gasteiger partial charge in [-0.3, -0.25) is 5.10 Å². The highest BCUT2D eigenvalue weighted by Gasteiger charge is 2.30. The molecule has 0 amide bonds. The van der Waals surface area contributed by atoms with Gasteiger partial charge in [0.05, 0.1) is 0 Å². The smallest absolute Gasteiger partial charge is 0.153 e. The highest BCUT2D eigenvalue weighted by atomic mass is 15.3. The van der Waals surface area contributed by atoms with Gasteiger partial charge in [0.1, 0.15) is 0 Å². The van der Waals surface area contributed by atoms with Crippen molar-refractivity contribution in [3.63, 3.8) is 0 Å². The van der Waals surface area contributed by atoms with Crippen molar-refractivity contribution in [1.29, 1.82) is 0 Å². The van der Waals surface area contributed by atoms with Gasteiger partial charge in [-0.05, 0) is 31.6 Å². The molecule has 2 atom stereocenters. The van der Waals surface area contributed by atoms with Crippen LogP contribution in [0.5, 0.6) is 0 Å². The fourth-order valence-corrected chi connectivity index (χ4v) is 3.27. The standard InChI is InChI=1S/C14H24N4/c1-9-3-4-12-13(10(9)2)16-17-14(12)18-7-5-11(15)6-8-18/h9-11H,3-8,15H2,1-2H3,(H,16,17). The Morgan fingerprint density at radius 1 is 1.22 bits per heavy atom. The Morgan fingerprint density at radius 2 is 1.94 bits per heavy atom. The third-order valence-electron chi connectivity index (χ3n) is 4.88. The predicted octanol–water partition coefficient (Wildman–Crippen LogP) is 2.02. The van der Waals surface area contributed by atoms with E-state index in [-0.39, 0.29) is 0 Å². The van der Waals surface area contributed by atoms with Crippen LogP contribution in [0.3, 0.4) is 0 Å². The molecule has 2 unspecified atom stereocenters. The number of nitrogens with one attached hydrogen (secondary N) is 1. The molecule has 0 aromatic carbocycles. The van der Waals surface area contributed by atoms with Crippen LogP contribution < -0.4 is 10.6 Å². The summed E-state index contributed by atoms with van der Waals surface area (Å²) in [5.41, 5.74) is 8.82. The van der Waals surface area contributed by atoms with Gasteiger partial charge in [-0.15, -0.1) is 0 Å². The topological polar surface area (TPSA) is 57.9 Å². The van der Waals surface area contributed by atoms with Gasteiger partial charge in [0.25, 0.3) is 0 Å². The Bertz CT molecular complexity index is 417. The lowest BCUT2D eigenvalue weighted by Gasteiger charge is -2.32. The van der Waals surface area contributed by atoms with Crippen molar-refractivity contribution < 1.29 is 0 Å². The molecule has 2 aliphatic rings. The maximum atomic E-state index is 5.97. The summed E-state index contributed by atoms with van der Waals surface area (Å²) >= 11 is 0. The van der Waals surface area contributed by atoms with Crippen molar-refractivity contribution in [1.82, 2.24) is 10.2 Å². The summed E-state index contributed by atoms with van der Waals surface area (Å²) in [4.78, 5) is 2.42. The Hall–Kier alpha value is -1.03. The molecule has 3 rings (SSSR count). The first-order valence-electron chi connectivity index (χ1n) is 7.24. The molecule has 1 aromatic heterocycles. The molecule has 100 valence electrons. The number of nitrogens with zero attached hydrogens (tertiary/aromatic N) is 2. The number of hydrogen-bond donors (Lipinski definition) is 2. The van der Waals surface area contributed by atoms with Gasteiger partial charge in [0, 0.05) is 36.3 Å². The Balaban J connectivity index is 1.84. The molecule has 4 nitrogen and oxygen atoms in total. The molecule has 1 aliphatic heterocycles. The van der Waals surface area contributed by atoms with E-state index in [1.165, 1.54) is 29.9 Å². The van der Waals surface area contributed by atoms with E-state index in [1.807, 2.05) is 0 Å². The number of aromatic nitrogens is 2. The number of aromatic amines is 1. The predicted molar refractivity (Wildman–Crippen MR) is 73.9 cm³/mol. The van der Waals surface area contributed by atoms with Crippen LogP contribution in [-0.4, -0.2) is 29.3 Å². The van der Waals surface area contributed by atoms with Crippen molar-refractivity contribution >= 4 is 5.82 Å². The summed E-state index contributed by atoms with van der Waals surface area (Å²) in [7, 11) is 0. The minimum Gasteiger partial charge on any atom is -0.355 e. The first kappa shape index (κ1) is 12.0. The van der Waals surface area contributed by atoms with E-state index in [9.17, 15) is 0 Å². The first-order valence-corrected chi connectivity index (χ1v) is 7.24. The fraction of sp³-hybridized carbons (Fsp3) is 0.786. The van der Waals surface area contributed by atoms with Crippen LogP contribution in [0.25, 0.3) is 0 Å². The average molecular weight is 248 g/mol. The largest absolute Gasteiger partial charge is 0.355 e. The van der Waals surface area contributed by atoms with Crippen molar-refractivity contribution in [2.45, 2.75) is 51.5 Å². The summed E-state index contributed by atoms with van der Waals surface area (Å²) < 4.78 is 0. The molecule has 1 saturated heterocycles. The molecular weight excluding hydrogens is 224 g/mol. The lowest BCUT2D eigenvalue weighted by Crippen LogP contribution is -2.40. The average Bonchev–Trinajstić information content (AvgIpc) is 2.79. The van der Waals surface area contributed by atoms with E-state index in [0.29, 0.717) is 12.0 Å². The molecule has 0 saturated carbocycles. The molecule has 0 spiro atoms. The Labute approximate surface area is 109 Å². The minimum absolute atomic E-state index is 0.384. The second kappa shape index (κ2) is 4.57. The number of rotatable bonds is 1. The molecule has 0 radical (unpaired) electrons. The van der Waals surface area contributed by atoms with Crippen molar-refractivity contribution in [2.24, 2.45) is 11.7 Å². The third-order valence-corrected chi connectivity index (χ3v) is 4.88. The lowest BCUT2D eigenvalue weighted by molar-refractivity contribution is 0.418. The zero-order chi connectivity index (χ0) is 12.7. The molecule has 1 aliphatic carbocycles. The van der Waals surface area contributed by atoms with Gasteiger partial charge < -0.3 is 10.6 Å². The van der Waals surface area contributed by atoms with Crippen LogP contribution in [0.2, 0.25) is 0 Å². The van der Waals surface area contributed by atoms with Crippen molar-refractivity contribution in [2.75, 3.05) is 18.0 Å². The Kier molecular flexibility index (Phi) is 3.06. The van der Waals surface area contributed by atoms with E-state index in [2.05, 4.69) is 28.9 Å². The van der Waals surface area contributed by atoms with Crippen LogP contribution in [0, 0.1) is 5.92 Å². The molecule has 1 fully saturated rings. The molecule has 4 heteroatoms. The van der Waals surface area contributed by atoms with Crippen LogP contribution in [0.15, 0.2) is 0 Å². The lowest BCUT2D eigenvalue weighted by atomic mass is 9.80. The van der Waals surface area contributed by atoms with Gasteiger partial charge in [-0.25, -0.2) is 0 Å². The zero-order valence-electron chi connectivity index (χ0n) is 11.4. The second-order valence-corrected chi connectivity index (χ2v) is 6.07. The van der Waals surface area contributed by atoms with Gasteiger partial charge in [0.2, 0.25) is 0 Å². The van der Waals surface area contributed by atoms with Crippen LogP contribution in [-0.2, 0) is 6.42 Å². The quantitative estimate of drug-likeness (QED) is 0.799. The number of anilines is 1. The summed E-state index contributed by atoms with van der Waals surface area (Å²) in [5.74, 6) is 2.58. The van der Waals surface area contributed by atoms with Crippen molar-refractivity contribution in [3.8, 4) is 0 Å². The normalized spacial score (nSPS) is 29.4. The van der Waals surface area contributed by atoms with Gasteiger partial charge >= 0.3 is 0 Å². The van der Waals surface area contributed by atoms with Gasteiger partial charge in [-0.1, -0.05) is 13.8 Å². The van der Waals surface area contributed by atoms with Gasteiger partial charge in [0.15, 0.2) is 5.82 Å².